The van der Waals surface area contributed by atoms with Gasteiger partial charge in [-0.1, -0.05) is 25.4 Å². The molecule has 0 aromatic carbocycles. The molecule has 1 heterocycles. The molecule has 3 atom stereocenters. The van der Waals surface area contributed by atoms with Gasteiger partial charge in [-0.2, -0.15) is 0 Å². The van der Waals surface area contributed by atoms with Crippen molar-refractivity contribution in [3.05, 3.63) is 20.8 Å². The quantitative estimate of drug-likeness (QED) is 0.735. The molecule has 4 aliphatic carbocycles. The summed E-state index contributed by atoms with van der Waals surface area (Å²) in [6, 6.07) is 2.11. The van der Waals surface area contributed by atoms with Crippen molar-refractivity contribution in [1.29, 1.82) is 0 Å². The lowest BCUT2D eigenvalue weighted by Crippen LogP contribution is -2.56. The number of halogens is 1. The van der Waals surface area contributed by atoms with Crippen LogP contribution in [0.4, 0.5) is 0 Å². The third-order valence-corrected chi connectivity index (χ3v) is 8.00. The minimum absolute atomic E-state index is 0.101. The summed E-state index contributed by atoms with van der Waals surface area (Å²) in [5.41, 5.74) is 2.11. The van der Waals surface area contributed by atoms with Gasteiger partial charge in [0.1, 0.15) is 0 Å². The van der Waals surface area contributed by atoms with Crippen molar-refractivity contribution < 1.29 is 5.11 Å². The first-order chi connectivity index (χ1) is 9.73. The van der Waals surface area contributed by atoms with Crippen LogP contribution in [-0.2, 0) is 0 Å². The van der Waals surface area contributed by atoms with E-state index in [0.717, 1.165) is 20.7 Å². The highest BCUT2D eigenvalue weighted by atomic mass is 35.5. The van der Waals surface area contributed by atoms with E-state index in [1.165, 1.54) is 38.5 Å². The number of hydrogen-bond donors (Lipinski definition) is 1. The van der Waals surface area contributed by atoms with Crippen molar-refractivity contribution in [2.75, 3.05) is 0 Å². The summed E-state index contributed by atoms with van der Waals surface area (Å²) in [7, 11) is 0. The molecule has 0 aliphatic heterocycles. The average Bonchev–Trinajstić information content (AvgIpc) is 2.64. The van der Waals surface area contributed by atoms with Crippen LogP contribution in [0, 0.1) is 29.1 Å². The van der Waals surface area contributed by atoms with Gasteiger partial charge in [-0.15, -0.1) is 11.3 Å². The van der Waals surface area contributed by atoms with Gasteiger partial charge in [0.05, 0.1) is 10.4 Å². The summed E-state index contributed by atoms with van der Waals surface area (Å²) in [6.45, 7) is 6.96. The molecule has 5 rings (SSSR count). The number of aliphatic hydroxyl groups is 1. The van der Waals surface area contributed by atoms with E-state index >= 15 is 0 Å². The Kier molecular flexibility index (Phi) is 2.96. The third kappa shape index (κ3) is 2.13. The topological polar surface area (TPSA) is 20.2 Å². The summed E-state index contributed by atoms with van der Waals surface area (Å²) in [5, 5.41) is 11.2. The van der Waals surface area contributed by atoms with Gasteiger partial charge in [-0.25, -0.2) is 0 Å². The number of aliphatic hydroxyl groups excluding tert-OH is 1. The van der Waals surface area contributed by atoms with E-state index in [1.807, 2.05) is 6.92 Å². The molecular weight excluding hydrogens is 300 g/mol. The van der Waals surface area contributed by atoms with Gasteiger partial charge < -0.3 is 5.11 Å². The molecule has 0 spiro atoms. The van der Waals surface area contributed by atoms with Crippen LogP contribution >= 0.6 is 22.9 Å². The summed E-state index contributed by atoms with van der Waals surface area (Å²) < 4.78 is 0.839. The Morgan fingerprint density at radius 3 is 2.29 bits per heavy atom. The van der Waals surface area contributed by atoms with Crippen molar-refractivity contribution >= 4 is 22.9 Å². The first-order valence-corrected chi connectivity index (χ1v) is 9.36. The van der Waals surface area contributed by atoms with E-state index in [9.17, 15) is 5.11 Å². The van der Waals surface area contributed by atoms with Gasteiger partial charge in [-0.05, 0) is 73.8 Å². The monoisotopic (exact) mass is 324 g/mol. The highest BCUT2D eigenvalue weighted by Crippen LogP contribution is 2.72. The molecule has 1 nitrogen and oxygen atoms in total. The Morgan fingerprint density at radius 1 is 1.19 bits per heavy atom. The summed E-state index contributed by atoms with van der Waals surface area (Å²) in [6.07, 6.45) is 7.39. The fourth-order valence-electron chi connectivity index (χ4n) is 6.76. The largest absolute Gasteiger partial charge is 0.387 e. The van der Waals surface area contributed by atoms with Crippen molar-refractivity contribution in [2.24, 2.45) is 22.2 Å². The lowest BCUT2D eigenvalue weighted by molar-refractivity contribution is -0.186. The summed E-state index contributed by atoms with van der Waals surface area (Å²) >= 11 is 7.83. The van der Waals surface area contributed by atoms with Crippen LogP contribution in [0.15, 0.2) is 6.07 Å². The highest BCUT2D eigenvalue weighted by Gasteiger charge is 2.62. The first kappa shape index (κ1) is 14.5. The number of hydrogen-bond acceptors (Lipinski definition) is 2. The Bertz CT molecular complexity index is 555. The Labute approximate surface area is 136 Å². The predicted molar refractivity (Wildman–Crippen MR) is 88.9 cm³/mol. The fraction of sp³-hybridized carbons (Fsp3) is 0.778. The van der Waals surface area contributed by atoms with Gasteiger partial charge in [0.15, 0.2) is 0 Å². The fourth-order valence-corrected chi connectivity index (χ4v) is 8.11. The molecule has 1 N–H and O–H groups in total. The van der Waals surface area contributed by atoms with Crippen LogP contribution in [0.25, 0.3) is 0 Å². The molecule has 4 bridgehead atoms. The minimum Gasteiger partial charge on any atom is -0.387 e. The number of thiophene rings is 1. The van der Waals surface area contributed by atoms with Gasteiger partial charge >= 0.3 is 0 Å². The van der Waals surface area contributed by atoms with Crippen LogP contribution in [0.5, 0.6) is 0 Å². The zero-order chi connectivity index (χ0) is 15.0. The zero-order valence-electron chi connectivity index (χ0n) is 13.2. The predicted octanol–water partition coefficient (Wildman–Crippen LogP) is 5.74. The maximum atomic E-state index is 11.2. The lowest BCUT2D eigenvalue weighted by Gasteiger charge is -2.66. The van der Waals surface area contributed by atoms with E-state index in [-0.39, 0.29) is 11.5 Å². The molecule has 0 amide bonds. The third-order valence-electron chi connectivity index (χ3n) is 6.40. The Balaban J connectivity index is 1.73. The second-order valence-electron chi connectivity index (χ2n) is 9.00. The molecule has 4 saturated carbocycles. The molecule has 3 heteroatoms. The zero-order valence-corrected chi connectivity index (χ0v) is 14.8. The van der Waals surface area contributed by atoms with Crippen molar-refractivity contribution in [1.82, 2.24) is 0 Å². The van der Waals surface area contributed by atoms with E-state index in [0.29, 0.717) is 10.8 Å². The van der Waals surface area contributed by atoms with Gasteiger partial charge in [0.2, 0.25) is 0 Å². The van der Waals surface area contributed by atoms with E-state index in [1.54, 1.807) is 11.3 Å². The van der Waals surface area contributed by atoms with Crippen LogP contribution in [0.3, 0.4) is 0 Å². The van der Waals surface area contributed by atoms with E-state index < -0.39 is 0 Å². The molecule has 4 fully saturated rings. The molecule has 116 valence electrons. The van der Waals surface area contributed by atoms with Crippen molar-refractivity contribution in [3.63, 3.8) is 0 Å². The Morgan fingerprint density at radius 2 is 1.81 bits per heavy atom. The first-order valence-electron chi connectivity index (χ1n) is 8.17. The average molecular weight is 325 g/mol. The second-order valence-corrected chi connectivity index (χ2v) is 10.7. The van der Waals surface area contributed by atoms with Gasteiger partial charge in [-0.3, -0.25) is 0 Å². The highest BCUT2D eigenvalue weighted by molar-refractivity contribution is 7.16. The van der Waals surface area contributed by atoms with Crippen LogP contribution < -0.4 is 0 Å². The summed E-state index contributed by atoms with van der Waals surface area (Å²) in [4.78, 5) is 1.09. The molecule has 1 aromatic rings. The smallest absolute Gasteiger partial charge is 0.0961 e. The van der Waals surface area contributed by atoms with Crippen molar-refractivity contribution in [2.45, 2.75) is 65.4 Å². The van der Waals surface area contributed by atoms with Gasteiger partial charge in [0, 0.05) is 10.3 Å². The lowest BCUT2D eigenvalue weighted by atomic mass is 9.39. The summed E-state index contributed by atoms with van der Waals surface area (Å²) in [5.74, 6) is 0.822. The van der Waals surface area contributed by atoms with Crippen molar-refractivity contribution in [3.8, 4) is 0 Å². The van der Waals surface area contributed by atoms with Gasteiger partial charge in [0.25, 0.3) is 0 Å². The molecule has 3 unspecified atom stereocenters. The molecular formula is C18H25ClOS. The number of rotatable bonds is 2. The second kappa shape index (κ2) is 4.27. The minimum atomic E-state index is -0.323. The SMILES string of the molecule is Cc1cc(C(O)C23CC4CC(C)(CC(C)(C4)C2)C3)sc1Cl. The van der Waals surface area contributed by atoms with Crippen LogP contribution in [0.2, 0.25) is 4.34 Å². The van der Waals surface area contributed by atoms with Crippen LogP contribution in [0.1, 0.15) is 68.9 Å². The molecule has 0 radical (unpaired) electrons. The van der Waals surface area contributed by atoms with E-state index in [2.05, 4.69) is 19.9 Å². The Hall–Kier alpha value is -0.0500. The molecule has 0 saturated heterocycles. The molecule has 4 aliphatic rings. The standard InChI is InChI=1S/C18H25ClOS/c1-11-4-13(21-15(11)19)14(20)18-7-12-5-16(2,9-18)8-17(3,6-12)10-18/h4,12,14,20H,5-10H2,1-3H3. The maximum Gasteiger partial charge on any atom is 0.0961 e. The van der Waals surface area contributed by atoms with E-state index in [4.69, 9.17) is 11.6 Å². The normalized spacial score (nSPS) is 46.0. The molecule has 21 heavy (non-hydrogen) atoms. The van der Waals surface area contributed by atoms with Crippen LogP contribution in [-0.4, -0.2) is 5.11 Å². The maximum absolute atomic E-state index is 11.2. The molecule has 1 aromatic heterocycles. The number of aryl methyl sites for hydroxylation is 1.